The van der Waals surface area contributed by atoms with Crippen LogP contribution < -0.4 is 5.56 Å². The Morgan fingerprint density at radius 3 is 2.21 bits per heavy atom. The average molecular weight is 520 g/mol. The van der Waals surface area contributed by atoms with Crippen molar-refractivity contribution in [3.8, 4) is 0 Å². The first kappa shape index (κ1) is 25.2. The van der Waals surface area contributed by atoms with Crippen molar-refractivity contribution < 1.29 is 0 Å². The normalized spacial score (nSPS) is 15.5. The van der Waals surface area contributed by atoms with Crippen molar-refractivity contribution in [1.82, 2.24) is 35.0 Å². The van der Waals surface area contributed by atoms with E-state index in [1.807, 2.05) is 35.0 Å². The Bertz CT molecular complexity index is 1590. The fourth-order valence-electron chi connectivity index (χ4n) is 5.49. The number of aromatic amines is 1. The standard InChI is InChI=1S/C31H33N7O/c1-2-23-13-14-28-26(19-23)20-27(31(39)32-28)29(30-33-34-35-38(30)22-25-11-7-4-8-12-25)37-17-15-36(16-18-37)21-24-9-5-3-6-10-24/h3-14,19-20,29H,2,15-18,21-22H2,1H3,(H,32,39)/t29-/m1/s1. The molecule has 1 N–H and O–H groups in total. The fourth-order valence-corrected chi connectivity index (χ4v) is 5.49. The molecule has 1 aliphatic rings. The fraction of sp³-hybridized carbons (Fsp3) is 0.290. The molecule has 1 atom stereocenters. The molecule has 2 aromatic heterocycles. The van der Waals surface area contributed by atoms with E-state index in [0.717, 1.165) is 55.6 Å². The minimum absolute atomic E-state index is 0.0993. The molecule has 1 saturated heterocycles. The van der Waals surface area contributed by atoms with Gasteiger partial charge in [0.25, 0.3) is 5.56 Å². The topological polar surface area (TPSA) is 82.9 Å². The van der Waals surface area contributed by atoms with E-state index in [0.29, 0.717) is 17.9 Å². The third kappa shape index (κ3) is 5.53. The molecule has 6 rings (SSSR count). The zero-order valence-corrected chi connectivity index (χ0v) is 22.2. The molecular formula is C31H33N7O. The van der Waals surface area contributed by atoms with Gasteiger partial charge in [0.05, 0.1) is 6.54 Å². The third-order valence-corrected chi connectivity index (χ3v) is 7.64. The number of hydrogen-bond acceptors (Lipinski definition) is 6. The Morgan fingerprint density at radius 2 is 1.51 bits per heavy atom. The molecule has 1 fully saturated rings. The van der Waals surface area contributed by atoms with Crippen LogP contribution in [0.4, 0.5) is 0 Å². The molecule has 0 amide bonds. The van der Waals surface area contributed by atoms with Crippen molar-refractivity contribution in [2.45, 2.75) is 32.5 Å². The van der Waals surface area contributed by atoms with E-state index in [-0.39, 0.29) is 11.6 Å². The van der Waals surface area contributed by atoms with Crippen LogP contribution in [0.5, 0.6) is 0 Å². The van der Waals surface area contributed by atoms with Crippen molar-refractivity contribution in [3.05, 3.63) is 123 Å². The van der Waals surface area contributed by atoms with E-state index in [4.69, 9.17) is 0 Å². The first-order valence-electron chi connectivity index (χ1n) is 13.6. The van der Waals surface area contributed by atoms with Gasteiger partial charge in [0.2, 0.25) is 0 Å². The number of nitrogens with zero attached hydrogens (tertiary/aromatic N) is 6. The monoisotopic (exact) mass is 519 g/mol. The van der Waals surface area contributed by atoms with Crippen molar-refractivity contribution in [2.75, 3.05) is 26.2 Å². The number of hydrogen-bond donors (Lipinski definition) is 1. The summed E-state index contributed by atoms with van der Waals surface area (Å²) in [6.45, 7) is 7.02. The summed E-state index contributed by atoms with van der Waals surface area (Å²) in [6.07, 6.45) is 0.937. The summed E-state index contributed by atoms with van der Waals surface area (Å²) in [5.74, 6) is 0.687. The quantitative estimate of drug-likeness (QED) is 0.333. The number of aryl methyl sites for hydroxylation is 1. The molecule has 3 heterocycles. The lowest BCUT2D eigenvalue weighted by molar-refractivity contribution is 0.0998. The highest BCUT2D eigenvalue weighted by molar-refractivity contribution is 5.80. The van der Waals surface area contributed by atoms with Gasteiger partial charge in [-0.2, -0.15) is 0 Å². The predicted octanol–water partition coefficient (Wildman–Crippen LogP) is 4.03. The third-order valence-electron chi connectivity index (χ3n) is 7.64. The second-order valence-electron chi connectivity index (χ2n) is 10.2. The van der Waals surface area contributed by atoms with E-state index in [1.165, 1.54) is 11.1 Å². The average Bonchev–Trinajstić information content (AvgIpc) is 3.42. The number of piperazine rings is 1. The first-order valence-corrected chi connectivity index (χ1v) is 13.6. The summed E-state index contributed by atoms with van der Waals surface area (Å²) in [4.78, 5) is 21.5. The van der Waals surface area contributed by atoms with Gasteiger partial charge >= 0.3 is 0 Å². The van der Waals surface area contributed by atoms with E-state index in [9.17, 15) is 4.79 Å². The first-order chi connectivity index (χ1) is 19.2. The van der Waals surface area contributed by atoms with Crippen LogP contribution in [-0.4, -0.2) is 61.2 Å². The van der Waals surface area contributed by atoms with Crippen molar-refractivity contribution in [1.29, 1.82) is 0 Å². The lowest BCUT2D eigenvalue weighted by Crippen LogP contribution is -2.48. The summed E-state index contributed by atoms with van der Waals surface area (Å²) >= 11 is 0. The van der Waals surface area contributed by atoms with E-state index in [2.05, 4.69) is 91.8 Å². The summed E-state index contributed by atoms with van der Waals surface area (Å²) in [6, 6.07) is 28.6. The van der Waals surface area contributed by atoms with Gasteiger partial charge in [-0.1, -0.05) is 73.7 Å². The van der Waals surface area contributed by atoms with Crippen LogP contribution in [0.25, 0.3) is 10.9 Å². The van der Waals surface area contributed by atoms with Crippen molar-refractivity contribution in [2.24, 2.45) is 0 Å². The number of nitrogens with one attached hydrogen (secondary N) is 1. The highest BCUT2D eigenvalue weighted by atomic mass is 16.1. The molecule has 0 radical (unpaired) electrons. The minimum atomic E-state index is -0.360. The summed E-state index contributed by atoms with van der Waals surface area (Å²) < 4.78 is 1.84. The van der Waals surface area contributed by atoms with Gasteiger partial charge in [0, 0.05) is 43.8 Å². The Kier molecular flexibility index (Phi) is 7.29. The van der Waals surface area contributed by atoms with Crippen molar-refractivity contribution in [3.63, 3.8) is 0 Å². The molecule has 0 bridgehead atoms. The maximum atomic E-state index is 13.6. The SMILES string of the molecule is CCc1ccc2[nH]c(=O)c([C@H](c3nnnn3Cc3ccccc3)N3CCN(Cc4ccccc4)CC3)cc2c1. The summed E-state index contributed by atoms with van der Waals surface area (Å²) in [7, 11) is 0. The van der Waals surface area contributed by atoms with Gasteiger partial charge in [-0.15, -0.1) is 5.10 Å². The largest absolute Gasteiger partial charge is 0.322 e. The number of fused-ring (bicyclic) bond motifs is 1. The lowest BCUT2D eigenvalue weighted by Gasteiger charge is -2.38. The molecule has 0 unspecified atom stereocenters. The molecule has 0 saturated carbocycles. The summed E-state index contributed by atoms with van der Waals surface area (Å²) in [5.41, 5.74) is 5.08. The molecule has 8 heteroatoms. The van der Waals surface area contributed by atoms with Crippen LogP contribution in [0.3, 0.4) is 0 Å². The highest BCUT2D eigenvalue weighted by Crippen LogP contribution is 2.28. The Morgan fingerprint density at radius 1 is 0.821 bits per heavy atom. The zero-order chi connectivity index (χ0) is 26.6. The number of H-pyrrole nitrogens is 1. The van der Waals surface area contributed by atoms with Gasteiger partial charge in [-0.25, -0.2) is 4.68 Å². The number of pyridine rings is 1. The van der Waals surface area contributed by atoms with Crippen LogP contribution >= 0.6 is 0 Å². The van der Waals surface area contributed by atoms with Crippen LogP contribution in [0, 0.1) is 0 Å². The predicted molar refractivity (Wildman–Crippen MR) is 152 cm³/mol. The summed E-state index contributed by atoms with van der Waals surface area (Å²) in [5, 5.41) is 13.9. The maximum absolute atomic E-state index is 13.6. The molecule has 8 nitrogen and oxygen atoms in total. The number of rotatable bonds is 8. The molecular weight excluding hydrogens is 486 g/mol. The smallest absolute Gasteiger partial charge is 0.253 e. The molecule has 198 valence electrons. The van der Waals surface area contributed by atoms with Crippen LogP contribution in [0.2, 0.25) is 0 Å². The van der Waals surface area contributed by atoms with E-state index in [1.54, 1.807) is 0 Å². The Balaban J connectivity index is 1.36. The number of aromatic nitrogens is 5. The number of benzene rings is 3. The van der Waals surface area contributed by atoms with Crippen molar-refractivity contribution >= 4 is 10.9 Å². The molecule has 1 aliphatic heterocycles. The molecule has 39 heavy (non-hydrogen) atoms. The van der Waals surface area contributed by atoms with Crippen LogP contribution in [0.15, 0.2) is 89.7 Å². The highest BCUT2D eigenvalue weighted by Gasteiger charge is 2.32. The van der Waals surface area contributed by atoms with Gasteiger partial charge in [0.15, 0.2) is 5.82 Å². The number of tetrazole rings is 1. The second kappa shape index (κ2) is 11.3. The molecule has 5 aromatic rings. The van der Waals surface area contributed by atoms with E-state index < -0.39 is 0 Å². The molecule has 0 aliphatic carbocycles. The molecule has 0 spiro atoms. The Labute approximate surface area is 227 Å². The zero-order valence-electron chi connectivity index (χ0n) is 22.2. The Hall–Kier alpha value is -4.14. The van der Waals surface area contributed by atoms with Gasteiger partial charge in [0.1, 0.15) is 6.04 Å². The lowest BCUT2D eigenvalue weighted by atomic mass is 10.0. The molecule has 3 aromatic carbocycles. The van der Waals surface area contributed by atoms with Crippen LogP contribution in [0.1, 0.15) is 41.0 Å². The second-order valence-corrected chi connectivity index (χ2v) is 10.2. The minimum Gasteiger partial charge on any atom is -0.322 e. The van der Waals surface area contributed by atoms with Crippen LogP contribution in [-0.2, 0) is 19.5 Å². The van der Waals surface area contributed by atoms with Gasteiger partial charge in [-0.05, 0) is 57.1 Å². The van der Waals surface area contributed by atoms with E-state index >= 15 is 0 Å². The van der Waals surface area contributed by atoms with Gasteiger partial charge in [-0.3, -0.25) is 14.6 Å². The van der Waals surface area contributed by atoms with Gasteiger partial charge < -0.3 is 4.98 Å². The maximum Gasteiger partial charge on any atom is 0.253 e.